The van der Waals surface area contributed by atoms with Gasteiger partial charge >= 0.3 is 0 Å². The molecule has 2 heterocycles. The Bertz CT molecular complexity index is 691. The normalized spacial score (nSPS) is 15.3. The molecule has 0 N–H and O–H groups in total. The van der Waals surface area contributed by atoms with Crippen molar-refractivity contribution in [3.8, 4) is 0 Å². The van der Waals surface area contributed by atoms with Crippen molar-refractivity contribution in [3.05, 3.63) is 52.4 Å². The molecule has 3 rings (SSSR count). The lowest BCUT2D eigenvalue weighted by molar-refractivity contribution is -0.131. The molecule has 0 bridgehead atoms. The van der Waals surface area contributed by atoms with Crippen molar-refractivity contribution in [2.45, 2.75) is 44.7 Å². The molecule has 1 amide bonds. The number of fused-ring (bicyclic) bond motifs is 1. The fraction of sp³-hybridized carbons (Fsp3) is 0.444. The number of thioether (sulfide) groups is 1. The van der Waals surface area contributed by atoms with Gasteiger partial charge in [0.05, 0.1) is 10.9 Å². The van der Waals surface area contributed by atoms with Gasteiger partial charge in [0.1, 0.15) is 5.76 Å². The van der Waals surface area contributed by atoms with Gasteiger partial charge in [-0.05, 0) is 38.3 Å². The third-order valence-corrected chi connectivity index (χ3v) is 5.61. The molecule has 0 saturated carbocycles. The first-order valence-corrected chi connectivity index (χ1v) is 9.00. The van der Waals surface area contributed by atoms with Gasteiger partial charge in [0.25, 0.3) is 0 Å². The Kier molecular flexibility index (Phi) is 4.76. The van der Waals surface area contributed by atoms with Crippen molar-refractivity contribution in [3.63, 3.8) is 0 Å². The zero-order valence-electron chi connectivity index (χ0n) is 13.8. The molecule has 122 valence electrons. The average molecular weight is 330 g/mol. The molecule has 0 aliphatic carbocycles. The number of hydrogen-bond acceptors (Lipinski definition) is 4. The Hall–Kier alpha value is -1.75. The third-order valence-electron chi connectivity index (χ3n) is 4.45. The Balaban J connectivity index is 1.60. The molecular formula is C18H22N2O2S. The molecule has 4 nitrogen and oxygen atoms in total. The standard InChI is InChI=1S/C18H22N2O2S/c1-12-17(13(2)22-19-12)11-23-14(3)18(21)20-9-8-15-6-4-5-7-16(15)10-20/h4-7,14H,8-11H2,1-3H3. The van der Waals surface area contributed by atoms with Crippen LogP contribution in [-0.4, -0.2) is 27.8 Å². The first-order chi connectivity index (χ1) is 11.1. The van der Waals surface area contributed by atoms with Crippen molar-refractivity contribution in [1.82, 2.24) is 10.1 Å². The van der Waals surface area contributed by atoms with Crippen LogP contribution in [0.25, 0.3) is 0 Å². The Morgan fingerprint density at radius 2 is 2.09 bits per heavy atom. The molecule has 0 radical (unpaired) electrons. The van der Waals surface area contributed by atoms with Crippen LogP contribution in [0.1, 0.15) is 35.1 Å². The summed E-state index contributed by atoms with van der Waals surface area (Å²) in [6.45, 7) is 7.40. The van der Waals surface area contributed by atoms with Crippen LogP contribution in [0.5, 0.6) is 0 Å². The van der Waals surface area contributed by atoms with E-state index in [1.807, 2.05) is 31.7 Å². The number of amides is 1. The lowest BCUT2D eigenvalue weighted by Crippen LogP contribution is -2.40. The zero-order chi connectivity index (χ0) is 16.4. The lowest BCUT2D eigenvalue weighted by Gasteiger charge is -2.30. The predicted octanol–water partition coefficient (Wildman–Crippen LogP) is 3.50. The van der Waals surface area contributed by atoms with E-state index in [1.165, 1.54) is 11.1 Å². The van der Waals surface area contributed by atoms with Crippen molar-refractivity contribution >= 4 is 17.7 Å². The molecule has 1 atom stereocenters. The van der Waals surface area contributed by atoms with E-state index in [0.29, 0.717) is 0 Å². The largest absolute Gasteiger partial charge is 0.361 e. The van der Waals surface area contributed by atoms with Crippen molar-refractivity contribution in [1.29, 1.82) is 0 Å². The lowest BCUT2D eigenvalue weighted by atomic mass is 10.00. The van der Waals surface area contributed by atoms with Gasteiger partial charge < -0.3 is 9.42 Å². The maximum absolute atomic E-state index is 12.7. The second-order valence-corrected chi connectivity index (χ2v) is 7.36. The Morgan fingerprint density at radius 3 is 2.78 bits per heavy atom. The number of carbonyl (C=O) groups is 1. The molecular weight excluding hydrogens is 308 g/mol. The molecule has 2 aromatic rings. The first-order valence-electron chi connectivity index (χ1n) is 7.95. The number of aryl methyl sites for hydroxylation is 2. The van der Waals surface area contributed by atoms with Crippen molar-refractivity contribution in [2.24, 2.45) is 0 Å². The molecule has 1 aromatic carbocycles. The summed E-state index contributed by atoms with van der Waals surface area (Å²) in [6.07, 6.45) is 0.948. The molecule has 1 aliphatic heterocycles. The molecule has 1 aromatic heterocycles. The summed E-state index contributed by atoms with van der Waals surface area (Å²) in [5, 5.41) is 3.91. The molecule has 1 unspecified atom stereocenters. The highest BCUT2D eigenvalue weighted by Crippen LogP contribution is 2.26. The SMILES string of the molecule is Cc1noc(C)c1CSC(C)C(=O)N1CCc2ccccc2C1. The minimum atomic E-state index is -0.0611. The summed E-state index contributed by atoms with van der Waals surface area (Å²) >= 11 is 1.65. The van der Waals surface area contributed by atoms with E-state index in [9.17, 15) is 4.79 Å². The van der Waals surface area contributed by atoms with Crippen LogP contribution in [0.2, 0.25) is 0 Å². The molecule has 0 saturated heterocycles. The summed E-state index contributed by atoms with van der Waals surface area (Å²) in [7, 11) is 0. The van der Waals surface area contributed by atoms with E-state index in [0.717, 1.165) is 42.3 Å². The van der Waals surface area contributed by atoms with Crippen LogP contribution in [0, 0.1) is 13.8 Å². The molecule has 1 aliphatic rings. The van der Waals surface area contributed by atoms with Crippen LogP contribution in [-0.2, 0) is 23.5 Å². The van der Waals surface area contributed by atoms with E-state index in [1.54, 1.807) is 11.8 Å². The number of nitrogens with zero attached hydrogens (tertiary/aromatic N) is 2. The maximum Gasteiger partial charge on any atom is 0.235 e. The maximum atomic E-state index is 12.7. The van der Waals surface area contributed by atoms with Gasteiger partial charge in [-0.25, -0.2) is 0 Å². The number of carbonyl (C=O) groups excluding carboxylic acids is 1. The second-order valence-electron chi connectivity index (χ2n) is 6.03. The summed E-state index contributed by atoms with van der Waals surface area (Å²) in [6, 6.07) is 8.39. The summed E-state index contributed by atoms with van der Waals surface area (Å²) in [5.74, 6) is 1.83. The summed E-state index contributed by atoms with van der Waals surface area (Å²) < 4.78 is 5.18. The summed E-state index contributed by atoms with van der Waals surface area (Å²) in [5.41, 5.74) is 4.67. The molecule has 23 heavy (non-hydrogen) atoms. The van der Waals surface area contributed by atoms with E-state index >= 15 is 0 Å². The smallest absolute Gasteiger partial charge is 0.235 e. The summed E-state index contributed by atoms with van der Waals surface area (Å²) in [4.78, 5) is 14.7. The van der Waals surface area contributed by atoms with E-state index in [-0.39, 0.29) is 11.2 Å². The highest BCUT2D eigenvalue weighted by molar-refractivity contribution is 7.99. The highest BCUT2D eigenvalue weighted by atomic mass is 32.2. The van der Waals surface area contributed by atoms with Crippen LogP contribution < -0.4 is 0 Å². The quantitative estimate of drug-likeness (QED) is 0.861. The topological polar surface area (TPSA) is 46.3 Å². The van der Waals surface area contributed by atoms with Crippen LogP contribution in [0.4, 0.5) is 0 Å². The van der Waals surface area contributed by atoms with Gasteiger partial charge in [-0.1, -0.05) is 29.4 Å². The van der Waals surface area contributed by atoms with Crippen molar-refractivity contribution in [2.75, 3.05) is 6.54 Å². The second kappa shape index (κ2) is 6.79. The van der Waals surface area contributed by atoms with E-state index in [4.69, 9.17) is 4.52 Å². The van der Waals surface area contributed by atoms with Crippen molar-refractivity contribution < 1.29 is 9.32 Å². The minimum Gasteiger partial charge on any atom is -0.361 e. The van der Waals surface area contributed by atoms with Gasteiger partial charge in [-0.2, -0.15) is 0 Å². The van der Waals surface area contributed by atoms with Gasteiger partial charge in [0.2, 0.25) is 5.91 Å². The predicted molar refractivity (Wildman–Crippen MR) is 92.3 cm³/mol. The highest BCUT2D eigenvalue weighted by Gasteiger charge is 2.25. The molecule has 0 fully saturated rings. The Morgan fingerprint density at radius 1 is 1.35 bits per heavy atom. The fourth-order valence-corrected chi connectivity index (χ4v) is 4.05. The van der Waals surface area contributed by atoms with Crippen LogP contribution in [0.3, 0.4) is 0 Å². The number of hydrogen-bond donors (Lipinski definition) is 0. The van der Waals surface area contributed by atoms with Gasteiger partial charge in [0, 0.05) is 24.4 Å². The number of benzene rings is 1. The monoisotopic (exact) mass is 330 g/mol. The van der Waals surface area contributed by atoms with E-state index in [2.05, 4.69) is 23.4 Å². The van der Waals surface area contributed by atoms with Gasteiger partial charge in [0.15, 0.2) is 0 Å². The fourth-order valence-electron chi connectivity index (χ4n) is 2.93. The third kappa shape index (κ3) is 3.44. The average Bonchev–Trinajstić information content (AvgIpc) is 2.89. The minimum absolute atomic E-state index is 0.0611. The number of aromatic nitrogens is 1. The zero-order valence-corrected chi connectivity index (χ0v) is 14.7. The number of rotatable bonds is 4. The van der Waals surface area contributed by atoms with Gasteiger partial charge in [-0.15, -0.1) is 11.8 Å². The Labute approximate surface area is 141 Å². The van der Waals surface area contributed by atoms with Gasteiger partial charge in [-0.3, -0.25) is 4.79 Å². The van der Waals surface area contributed by atoms with Crippen LogP contribution in [0.15, 0.2) is 28.8 Å². The van der Waals surface area contributed by atoms with E-state index < -0.39 is 0 Å². The first kappa shape index (κ1) is 16.1. The van der Waals surface area contributed by atoms with Crippen LogP contribution >= 0.6 is 11.8 Å². The molecule has 5 heteroatoms. The molecule has 0 spiro atoms.